The summed E-state index contributed by atoms with van der Waals surface area (Å²) in [5.41, 5.74) is 6.72. The van der Waals surface area contributed by atoms with Gasteiger partial charge in [0.25, 0.3) is 0 Å². The van der Waals surface area contributed by atoms with E-state index in [1.54, 1.807) is 0 Å². The zero-order valence-corrected chi connectivity index (χ0v) is 19.1. The molecule has 0 radical (unpaired) electrons. The van der Waals surface area contributed by atoms with Gasteiger partial charge in [-0.15, -0.1) is 24.8 Å². The highest BCUT2D eigenvalue weighted by Crippen LogP contribution is 2.15. The molecule has 0 heterocycles. The van der Waals surface area contributed by atoms with Crippen molar-refractivity contribution in [1.82, 2.24) is 10.6 Å². The second kappa shape index (κ2) is 16.3. The summed E-state index contributed by atoms with van der Waals surface area (Å²) in [5.74, 6) is -0.103. The summed E-state index contributed by atoms with van der Waals surface area (Å²) < 4.78 is 5.18. The van der Waals surface area contributed by atoms with Gasteiger partial charge in [-0.2, -0.15) is 0 Å². The third-order valence-corrected chi connectivity index (χ3v) is 4.66. The Labute approximate surface area is 191 Å². The minimum Gasteiger partial charge on any atom is -0.389 e. The summed E-state index contributed by atoms with van der Waals surface area (Å²) in [5, 5.41) is 18.4. The van der Waals surface area contributed by atoms with Crippen LogP contribution >= 0.6 is 24.8 Å². The van der Waals surface area contributed by atoms with E-state index in [9.17, 15) is 9.90 Å². The summed E-state index contributed by atoms with van der Waals surface area (Å²) >= 11 is 0. The third kappa shape index (κ3) is 10.1. The maximum atomic E-state index is 12.6. The van der Waals surface area contributed by atoms with Crippen LogP contribution in [0.4, 0.5) is 0 Å². The first-order valence-corrected chi connectivity index (χ1v) is 10.1. The Morgan fingerprint density at radius 3 is 2.57 bits per heavy atom. The maximum absolute atomic E-state index is 12.6. The van der Waals surface area contributed by atoms with E-state index in [0.29, 0.717) is 26.1 Å². The van der Waals surface area contributed by atoms with E-state index in [4.69, 9.17) is 10.5 Å². The summed E-state index contributed by atoms with van der Waals surface area (Å²) in [6, 6.07) is 14.2. The fraction of sp³-hybridized carbons (Fsp3) is 0.500. The zero-order chi connectivity index (χ0) is 20.2. The van der Waals surface area contributed by atoms with Crippen LogP contribution in [0.15, 0.2) is 42.5 Å². The van der Waals surface area contributed by atoms with Gasteiger partial charge in [-0.1, -0.05) is 42.8 Å². The molecule has 2 aromatic rings. The van der Waals surface area contributed by atoms with Crippen molar-refractivity contribution in [2.24, 2.45) is 5.73 Å². The molecule has 0 saturated heterocycles. The summed E-state index contributed by atoms with van der Waals surface area (Å²) in [6.45, 7) is 4.04. The van der Waals surface area contributed by atoms with Gasteiger partial charge in [-0.05, 0) is 48.7 Å². The van der Waals surface area contributed by atoms with Crippen molar-refractivity contribution in [3.05, 3.63) is 48.0 Å². The third-order valence-electron chi connectivity index (χ3n) is 4.66. The van der Waals surface area contributed by atoms with E-state index in [2.05, 4.69) is 41.0 Å². The summed E-state index contributed by atoms with van der Waals surface area (Å²) in [6.07, 6.45) is 1.77. The highest BCUT2D eigenvalue weighted by molar-refractivity contribution is 5.85. The monoisotopic (exact) mass is 459 g/mol. The van der Waals surface area contributed by atoms with E-state index in [1.165, 1.54) is 10.8 Å². The van der Waals surface area contributed by atoms with Gasteiger partial charge in [-0.25, -0.2) is 0 Å². The molecule has 170 valence electrons. The van der Waals surface area contributed by atoms with Gasteiger partial charge in [-0.3, -0.25) is 4.79 Å². The van der Waals surface area contributed by atoms with E-state index < -0.39 is 6.10 Å². The average molecular weight is 460 g/mol. The molecule has 6 nitrogen and oxygen atoms in total. The normalized spacial score (nSPS) is 12.5. The first-order valence-electron chi connectivity index (χ1n) is 10.1. The molecule has 0 bridgehead atoms. The number of ether oxygens (including phenoxy) is 1. The molecule has 0 aromatic heterocycles. The van der Waals surface area contributed by atoms with Crippen molar-refractivity contribution in [2.45, 2.75) is 44.9 Å². The quantitative estimate of drug-likeness (QED) is 0.345. The van der Waals surface area contributed by atoms with E-state index in [-0.39, 0.29) is 49.9 Å². The van der Waals surface area contributed by atoms with Gasteiger partial charge in [0.15, 0.2) is 0 Å². The molecule has 0 aliphatic carbocycles. The lowest BCUT2D eigenvalue weighted by Gasteiger charge is -2.20. The van der Waals surface area contributed by atoms with Crippen molar-refractivity contribution in [1.29, 1.82) is 0 Å². The van der Waals surface area contributed by atoms with Crippen LogP contribution < -0.4 is 16.4 Å². The van der Waals surface area contributed by atoms with Gasteiger partial charge in [0.1, 0.15) is 0 Å². The number of unbranched alkanes of at least 4 members (excludes halogenated alkanes) is 1. The van der Waals surface area contributed by atoms with Crippen molar-refractivity contribution >= 4 is 41.5 Å². The molecule has 1 unspecified atom stereocenters. The number of aliphatic hydroxyl groups is 1. The molecule has 8 heteroatoms. The van der Waals surface area contributed by atoms with Crippen molar-refractivity contribution in [2.75, 3.05) is 26.3 Å². The Bertz CT molecular complexity index is 734. The molecule has 0 fully saturated rings. The van der Waals surface area contributed by atoms with Gasteiger partial charge in [0, 0.05) is 19.7 Å². The van der Waals surface area contributed by atoms with Gasteiger partial charge in [0.2, 0.25) is 5.91 Å². The number of hydrogen-bond donors (Lipinski definition) is 4. The van der Waals surface area contributed by atoms with Crippen molar-refractivity contribution in [3.63, 3.8) is 0 Å². The molecule has 0 spiro atoms. The minimum atomic E-state index is -0.700. The lowest BCUT2D eigenvalue weighted by Crippen LogP contribution is -2.46. The first-order chi connectivity index (χ1) is 13.6. The molecule has 0 aliphatic rings. The average Bonchev–Trinajstić information content (AvgIpc) is 2.72. The molecule has 0 aliphatic heterocycles. The summed E-state index contributed by atoms with van der Waals surface area (Å²) in [4.78, 5) is 12.6. The SMILES string of the molecule is CCOCC(O)CNC(=O)[C@H](CCCCN)NCc1ccc2ccccc2c1.Cl.Cl. The Morgan fingerprint density at radius 2 is 1.87 bits per heavy atom. The molecular weight excluding hydrogens is 425 g/mol. The van der Waals surface area contributed by atoms with Crippen LogP contribution in [0.25, 0.3) is 10.8 Å². The Morgan fingerprint density at radius 1 is 1.13 bits per heavy atom. The molecule has 0 saturated carbocycles. The van der Waals surface area contributed by atoms with E-state index in [1.807, 2.05) is 19.1 Å². The standard InChI is InChI=1S/C22H33N3O3.2ClH/c1-2-28-16-20(26)15-25-22(27)21(9-5-6-12-23)24-14-17-10-11-18-7-3-4-8-19(18)13-17;;/h3-4,7-8,10-11,13,20-21,24,26H,2,5-6,9,12,14-16,23H2,1H3,(H,25,27);2*1H/t20?,21-;;/m0../s1. The number of nitrogens with two attached hydrogens (primary N) is 1. The molecule has 2 aromatic carbocycles. The largest absolute Gasteiger partial charge is 0.389 e. The minimum absolute atomic E-state index is 0. The fourth-order valence-electron chi connectivity index (χ4n) is 3.06. The number of rotatable bonds is 13. The van der Waals surface area contributed by atoms with Crippen LogP contribution in [0.2, 0.25) is 0 Å². The van der Waals surface area contributed by atoms with Crippen LogP contribution in [-0.4, -0.2) is 49.5 Å². The van der Waals surface area contributed by atoms with Crippen LogP contribution in [-0.2, 0) is 16.1 Å². The Balaban J connectivity index is 0.00000420. The number of halogens is 2. The number of fused-ring (bicyclic) bond motifs is 1. The van der Waals surface area contributed by atoms with Crippen LogP contribution in [0, 0.1) is 0 Å². The predicted molar refractivity (Wildman–Crippen MR) is 127 cm³/mol. The number of carbonyl (C=O) groups is 1. The second-order valence-corrected chi connectivity index (χ2v) is 6.96. The Hall–Kier alpha value is -1.41. The number of hydrogen-bond acceptors (Lipinski definition) is 5. The van der Waals surface area contributed by atoms with E-state index >= 15 is 0 Å². The van der Waals surface area contributed by atoms with E-state index in [0.717, 1.165) is 18.4 Å². The highest BCUT2D eigenvalue weighted by atomic mass is 35.5. The van der Waals surface area contributed by atoms with Crippen molar-refractivity contribution in [3.8, 4) is 0 Å². The Kier molecular flexibility index (Phi) is 15.5. The summed E-state index contributed by atoms with van der Waals surface area (Å²) in [7, 11) is 0. The molecular formula is C22H35Cl2N3O3. The number of amides is 1. The van der Waals surface area contributed by atoms with Crippen molar-refractivity contribution < 1.29 is 14.6 Å². The number of carbonyl (C=O) groups excluding carboxylic acids is 1. The predicted octanol–water partition coefficient (Wildman–Crippen LogP) is 2.78. The molecule has 2 rings (SSSR count). The van der Waals surface area contributed by atoms with Crippen LogP contribution in [0.3, 0.4) is 0 Å². The zero-order valence-electron chi connectivity index (χ0n) is 17.5. The molecule has 5 N–H and O–H groups in total. The lowest BCUT2D eigenvalue weighted by molar-refractivity contribution is -0.124. The number of aliphatic hydroxyl groups excluding tert-OH is 1. The number of nitrogens with one attached hydrogen (secondary N) is 2. The first kappa shape index (κ1) is 28.6. The number of benzene rings is 2. The highest BCUT2D eigenvalue weighted by Gasteiger charge is 2.18. The van der Waals surface area contributed by atoms with Crippen LogP contribution in [0.5, 0.6) is 0 Å². The smallest absolute Gasteiger partial charge is 0.237 e. The molecule has 30 heavy (non-hydrogen) atoms. The van der Waals surface area contributed by atoms with Gasteiger partial charge in [0.05, 0.1) is 18.8 Å². The fourth-order valence-corrected chi connectivity index (χ4v) is 3.06. The molecule has 2 atom stereocenters. The van der Waals surface area contributed by atoms with Crippen LogP contribution in [0.1, 0.15) is 31.7 Å². The maximum Gasteiger partial charge on any atom is 0.237 e. The second-order valence-electron chi connectivity index (χ2n) is 6.96. The lowest BCUT2D eigenvalue weighted by atomic mass is 10.1. The molecule has 1 amide bonds. The van der Waals surface area contributed by atoms with Gasteiger partial charge >= 0.3 is 0 Å². The van der Waals surface area contributed by atoms with Gasteiger partial charge < -0.3 is 26.2 Å². The topological polar surface area (TPSA) is 96.6 Å².